The fourth-order valence-corrected chi connectivity index (χ4v) is 5.03. The van der Waals surface area contributed by atoms with Gasteiger partial charge in [0.25, 0.3) is 5.91 Å². The average Bonchev–Trinajstić information content (AvgIpc) is 2.75. The van der Waals surface area contributed by atoms with Crippen molar-refractivity contribution in [1.29, 1.82) is 0 Å². The zero-order chi connectivity index (χ0) is 24.8. The van der Waals surface area contributed by atoms with E-state index in [1.54, 1.807) is 25.2 Å². The minimum absolute atomic E-state index is 0.0890. The molecule has 1 fully saturated rings. The highest BCUT2D eigenvalue weighted by Gasteiger charge is 2.37. The van der Waals surface area contributed by atoms with Crippen LogP contribution in [-0.4, -0.2) is 57.4 Å². The number of piperazine rings is 1. The number of carbonyl (C=O) groups is 3. The SMILES string of the molecule is CN1CCN(c2cccc(C3Nc4ccc(C(=O)NS(C)(=O)=O)cc4CC3(C)C)c2)C(=O)C1=O. The highest BCUT2D eigenvalue weighted by Crippen LogP contribution is 2.45. The molecule has 9 nitrogen and oxygen atoms in total. The van der Waals surface area contributed by atoms with Gasteiger partial charge in [-0.3, -0.25) is 14.4 Å². The first-order valence-electron chi connectivity index (χ1n) is 10.9. The van der Waals surface area contributed by atoms with Crippen LogP contribution in [0.5, 0.6) is 0 Å². The molecule has 2 heterocycles. The number of benzene rings is 2. The molecule has 0 bridgehead atoms. The van der Waals surface area contributed by atoms with Crippen molar-refractivity contribution in [3.63, 3.8) is 0 Å². The van der Waals surface area contributed by atoms with Crippen molar-refractivity contribution in [2.24, 2.45) is 5.41 Å². The zero-order valence-electron chi connectivity index (χ0n) is 19.6. The molecule has 0 radical (unpaired) electrons. The first-order valence-corrected chi connectivity index (χ1v) is 12.8. The molecule has 2 aliphatic rings. The molecule has 180 valence electrons. The van der Waals surface area contributed by atoms with E-state index in [-0.39, 0.29) is 17.0 Å². The molecule has 1 atom stereocenters. The van der Waals surface area contributed by atoms with E-state index in [2.05, 4.69) is 19.2 Å². The van der Waals surface area contributed by atoms with Crippen molar-refractivity contribution >= 4 is 39.1 Å². The Labute approximate surface area is 199 Å². The van der Waals surface area contributed by atoms with Crippen LogP contribution in [0.3, 0.4) is 0 Å². The minimum atomic E-state index is -3.65. The maximum Gasteiger partial charge on any atom is 0.316 e. The Bertz CT molecular complexity index is 1290. The third kappa shape index (κ3) is 4.63. The van der Waals surface area contributed by atoms with Crippen LogP contribution in [0.1, 0.15) is 41.4 Å². The smallest absolute Gasteiger partial charge is 0.316 e. The van der Waals surface area contributed by atoms with Crippen LogP contribution >= 0.6 is 0 Å². The van der Waals surface area contributed by atoms with Gasteiger partial charge in [-0.2, -0.15) is 0 Å². The van der Waals surface area contributed by atoms with Crippen molar-refractivity contribution in [2.75, 3.05) is 36.6 Å². The molecule has 2 N–H and O–H groups in total. The molecule has 3 amide bonds. The van der Waals surface area contributed by atoms with Gasteiger partial charge in [0.2, 0.25) is 10.0 Å². The van der Waals surface area contributed by atoms with E-state index < -0.39 is 27.7 Å². The molecule has 2 aromatic rings. The highest BCUT2D eigenvalue weighted by molar-refractivity contribution is 7.89. The number of fused-ring (bicyclic) bond motifs is 1. The van der Waals surface area contributed by atoms with Gasteiger partial charge in [0, 0.05) is 37.1 Å². The van der Waals surface area contributed by atoms with Gasteiger partial charge in [0.15, 0.2) is 0 Å². The number of sulfonamides is 1. The standard InChI is InChI=1S/C24H28N4O5S/c1-24(2)14-17-12-16(21(29)26-34(4,32)33)8-9-19(17)25-20(24)15-6-5-7-18(13-15)28-11-10-27(3)22(30)23(28)31/h5-9,12-13,20,25H,10-11,14H2,1-4H3,(H,26,29). The molecule has 1 unspecified atom stereocenters. The molecule has 0 aromatic heterocycles. The number of nitrogens with one attached hydrogen (secondary N) is 2. The van der Waals surface area contributed by atoms with Crippen LogP contribution in [0.15, 0.2) is 42.5 Å². The second kappa shape index (κ2) is 8.43. The molecule has 2 aromatic carbocycles. The maximum absolute atomic E-state index is 12.5. The zero-order valence-corrected chi connectivity index (χ0v) is 20.4. The Hall–Kier alpha value is -3.40. The molecule has 2 aliphatic heterocycles. The molecular weight excluding hydrogens is 456 g/mol. The Balaban J connectivity index is 1.61. The molecule has 10 heteroatoms. The van der Waals surface area contributed by atoms with Crippen LogP contribution < -0.4 is 14.9 Å². The lowest BCUT2D eigenvalue weighted by Crippen LogP contribution is -2.53. The number of hydrogen-bond donors (Lipinski definition) is 2. The summed E-state index contributed by atoms with van der Waals surface area (Å²) in [6, 6.07) is 12.6. The molecule has 0 spiro atoms. The van der Waals surface area contributed by atoms with Crippen LogP contribution in [-0.2, 0) is 26.0 Å². The maximum atomic E-state index is 12.5. The third-order valence-electron chi connectivity index (χ3n) is 6.32. The second-order valence-electron chi connectivity index (χ2n) is 9.60. The highest BCUT2D eigenvalue weighted by atomic mass is 32.2. The van der Waals surface area contributed by atoms with Crippen molar-refractivity contribution < 1.29 is 22.8 Å². The summed E-state index contributed by atoms with van der Waals surface area (Å²) in [6.07, 6.45) is 1.59. The van der Waals surface area contributed by atoms with E-state index in [9.17, 15) is 22.8 Å². The van der Waals surface area contributed by atoms with Gasteiger partial charge in [-0.1, -0.05) is 26.0 Å². The van der Waals surface area contributed by atoms with E-state index in [1.165, 1.54) is 9.80 Å². The number of hydrogen-bond acceptors (Lipinski definition) is 6. The van der Waals surface area contributed by atoms with Gasteiger partial charge in [0.05, 0.1) is 12.3 Å². The first kappa shape index (κ1) is 23.7. The summed E-state index contributed by atoms with van der Waals surface area (Å²) in [5.74, 6) is -1.71. The average molecular weight is 485 g/mol. The molecular formula is C24H28N4O5S. The Kier molecular flexibility index (Phi) is 5.89. The lowest BCUT2D eigenvalue weighted by Gasteiger charge is -2.42. The number of likely N-dealkylation sites (N-methyl/N-ethyl adjacent to an activating group) is 1. The third-order valence-corrected chi connectivity index (χ3v) is 6.88. The van der Waals surface area contributed by atoms with Gasteiger partial charge < -0.3 is 15.1 Å². The van der Waals surface area contributed by atoms with Gasteiger partial charge in [-0.15, -0.1) is 0 Å². The fourth-order valence-electron chi connectivity index (χ4n) is 4.58. The second-order valence-corrected chi connectivity index (χ2v) is 11.3. The van der Waals surface area contributed by atoms with Crippen LogP contribution in [0.4, 0.5) is 11.4 Å². The molecule has 4 rings (SSSR count). The number of rotatable bonds is 4. The monoisotopic (exact) mass is 484 g/mol. The Morgan fingerprint density at radius 3 is 2.53 bits per heavy atom. The largest absolute Gasteiger partial charge is 0.377 e. The summed E-state index contributed by atoms with van der Waals surface area (Å²) in [5, 5.41) is 3.55. The summed E-state index contributed by atoms with van der Waals surface area (Å²) in [4.78, 5) is 39.9. The Morgan fingerprint density at radius 1 is 1.09 bits per heavy atom. The van der Waals surface area contributed by atoms with Gasteiger partial charge in [-0.25, -0.2) is 13.1 Å². The van der Waals surface area contributed by atoms with Gasteiger partial charge in [-0.05, 0) is 53.3 Å². The van der Waals surface area contributed by atoms with Crippen LogP contribution in [0.2, 0.25) is 0 Å². The summed E-state index contributed by atoms with van der Waals surface area (Å²) in [7, 11) is -2.03. The van der Waals surface area contributed by atoms with Crippen molar-refractivity contribution in [2.45, 2.75) is 26.3 Å². The number of amides is 3. The topological polar surface area (TPSA) is 116 Å². The summed E-state index contributed by atoms with van der Waals surface area (Å²) < 4.78 is 24.8. The van der Waals surface area contributed by atoms with Crippen LogP contribution in [0.25, 0.3) is 0 Å². The number of nitrogens with zero attached hydrogens (tertiary/aromatic N) is 2. The molecule has 34 heavy (non-hydrogen) atoms. The molecule has 0 aliphatic carbocycles. The summed E-state index contributed by atoms with van der Waals surface area (Å²) in [5.41, 5.74) is 3.45. The number of carbonyl (C=O) groups excluding carboxylic acids is 3. The minimum Gasteiger partial charge on any atom is -0.377 e. The normalized spacial score (nSPS) is 19.9. The predicted octanol–water partition coefficient (Wildman–Crippen LogP) is 1.92. The van der Waals surface area contributed by atoms with E-state index in [0.717, 1.165) is 23.1 Å². The van der Waals surface area contributed by atoms with Gasteiger partial charge >= 0.3 is 11.8 Å². The lowest BCUT2D eigenvalue weighted by atomic mass is 9.72. The van der Waals surface area contributed by atoms with E-state index in [0.29, 0.717) is 25.2 Å². The van der Waals surface area contributed by atoms with Crippen LogP contribution in [0, 0.1) is 5.41 Å². The summed E-state index contributed by atoms with van der Waals surface area (Å²) in [6.45, 7) is 5.12. The quantitative estimate of drug-likeness (QED) is 0.641. The molecule has 1 saturated heterocycles. The van der Waals surface area contributed by atoms with Crippen molar-refractivity contribution in [1.82, 2.24) is 9.62 Å². The number of anilines is 2. The first-order chi connectivity index (χ1) is 15.9. The molecule has 0 saturated carbocycles. The van der Waals surface area contributed by atoms with Gasteiger partial charge in [0.1, 0.15) is 0 Å². The van der Waals surface area contributed by atoms with E-state index >= 15 is 0 Å². The van der Waals surface area contributed by atoms with E-state index in [1.807, 2.05) is 29.0 Å². The Morgan fingerprint density at radius 2 is 1.82 bits per heavy atom. The lowest BCUT2D eigenvalue weighted by molar-refractivity contribution is -0.145. The van der Waals surface area contributed by atoms with E-state index in [4.69, 9.17) is 0 Å². The van der Waals surface area contributed by atoms with Crippen molar-refractivity contribution in [3.05, 3.63) is 59.2 Å². The predicted molar refractivity (Wildman–Crippen MR) is 129 cm³/mol. The fraction of sp³-hybridized carbons (Fsp3) is 0.375. The van der Waals surface area contributed by atoms with Crippen molar-refractivity contribution in [3.8, 4) is 0 Å². The summed E-state index contributed by atoms with van der Waals surface area (Å²) >= 11 is 0.